The minimum atomic E-state index is -0.574. The summed E-state index contributed by atoms with van der Waals surface area (Å²) in [6, 6.07) is 5.25. The summed E-state index contributed by atoms with van der Waals surface area (Å²) in [4.78, 5) is 11.9. The van der Waals surface area contributed by atoms with Gasteiger partial charge in [0.15, 0.2) is 0 Å². The van der Waals surface area contributed by atoms with E-state index in [1.54, 1.807) is 19.2 Å². The van der Waals surface area contributed by atoms with Gasteiger partial charge in [-0.15, -0.1) is 0 Å². The van der Waals surface area contributed by atoms with E-state index in [0.717, 1.165) is 5.56 Å². The number of hydrogen-bond donors (Lipinski definition) is 1. The SMILES string of the molecule is COc1ccc2c(c1)C(C)(C)C(=NO)C2=O. The normalized spacial score (nSPS) is 19.9. The van der Waals surface area contributed by atoms with Crippen LogP contribution in [-0.2, 0) is 5.41 Å². The van der Waals surface area contributed by atoms with Crippen LogP contribution in [0.15, 0.2) is 23.4 Å². The summed E-state index contributed by atoms with van der Waals surface area (Å²) in [6.45, 7) is 3.70. The number of carbonyl (C=O) groups is 1. The van der Waals surface area contributed by atoms with Crippen molar-refractivity contribution in [3.05, 3.63) is 29.3 Å². The van der Waals surface area contributed by atoms with Gasteiger partial charge in [0.2, 0.25) is 5.78 Å². The van der Waals surface area contributed by atoms with Gasteiger partial charge in [-0.2, -0.15) is 0 Å². The molecule has 0 saturated heterocycles. The number of carbonyl (C=O) groups excluding carboxylic acids is 1. The van der Waals surface area contributed by atoms with Crippen molar-refractivity contribution >= 4 is 11.5 Å². The quantitative estimate of drug-likeness (QED) is 0.580. The lowest BCUT2D eigenvalue weighted by molar-refractivity contribution is 0.106. The molecule has 0 atom stereocenters. The Morgan fingerprint density at radius 1 is 1.38 bits per heavy atom. The zero-order valence-corrected chi connectivity index (χ0v) is 9.44. The van der Waals surface area contributed by atoms with Crippen molar-refractivity contribution in [3.63, 3.8) is 0 Å². The fourth-order valence-electron chi connectivity index (χ4n) is 2.07. The molecule has 0 spiro atoms. The highest BCUT2D eigenvalue weighted by Crippen LogP contribution is 2.38. The van der Waals surface area contributed by atoms with E-state index in [9.17, 15) is 4.79 Å². The van der Waals surface area contributed by atoms with Crippen molar-refractivity contribution in [2.75, 3.05) is 7.11 Å². The van der Waals surface area contributed by atoms with E-state index in [4.69, 9.17) is 9.94 Å². The van der Waals surface area contributed by atoms with Gasteiger partial charge < -0.3 is 9.94 Å². The zero-order valence-electron chi connectivity index (χ0n) is 9.44. The predicted molar refractivity (Wildman–Crippen MR) is 59.6 cm³/mol. The van der Waals surface area contributed by atoms with E-state index in [2.05, 4.69) is 5.16 Å². The summed E-state index contributed by atoms with van der Waals surface area (Å²) in [5, 5.41) is 12.0. The Labute approximate surface area is 93.5 Å². The lowest BCUT2D eigenvalue weighted by Gasteiger charge is -2.18. The van der Waals surface area contributed by atoms with Gasteiger partial charge in [-0.3, -0.25) is 4.79 Å². The molecular formula is C12H13NO3. The molecule has 1 N–H and O–H groups in total. The van der Waals surface area contributed by atoms with Gasteiger partial charge in [0.1, 0.15) is 11.5 Å². The average Bonchev–Trinajstić information content (AvgIpc) is 2.46. The number of ether oxygens (including phenoxy) is 1. The minimum absolute atomic E-state index is 0.177. The van der Waals surface area contributed by atoms with Gasteiger partial charge >= 0.3 is 0 Å². The number of fused-ring (bicyclic) bond motifs is 1. The summed E-state index contributed by atoms with van der Waals surface area (Å²) >= 11 is 0. The molecule has 0 heterocycles. The number of nitrogens with zero attached hydrogens (tertiary/aromatic N) is 1. The van der Waals surface area contributed by atoms with Crippen LogP contribution in [-0.4, -0.2) is 23.8 Å². The Bertz CT molecular complexity index is 489. The minimum Gasteiger partial charge on any atom is -0.497 e. The number of hydrogen-bond acceptors (Lipinski definition) is 4. The number of ketones is 1. The van der Waals surface area contributed by atoms with Gasteiger partial charge in [0.25, 0.3) is 0 Å². The van der Waals surface area contributed by atoms with Crippen LogP contribution >= 0.6 is 0 Å². The highest BCUT2D eigenvalue weighted by atomic mass is 16.5. The maximum atomic E-state index is 11.9. The average molecular weight is 219 g/mol. The van der Waals surface area contributed by atoms with Crippen molar-refractivity contribution in [1.82, 2.24) is 0 Å². The Hall–Kier alpha value is -1.84. The third kappa shape index (κ3) is 1.23. The smallest absolute Gasteiger partial charge is 0.211 e. The molecule has 1 aliphatic rings. The van der Waals surface area contributed by atoms with E-state index in [1.807, 2.05) is 19.9 Å². The number of rotatable bonds is 1. The molecular weight excluding hydrogens is 206 g/mol. The van der Waals surface area contributed by atoms with Gasteiger partial charge in [-0.05, 0) is 37.6 Å². The first-order chi connectivity index (χ1) is 7.52. The van der Waals surface area contributed by atoms with Crippen LogP contribution in [0.4, 0.5) is 0 Å². The van der Waals surface area contributed by atoms with Crippen LogP contribution in [0.1, 0.15) is 29.8 Å². The number of benzene rings is 1. The maximum Gasteiger partial charge on any atom is 0.211 e. The maximum absolute atomic E-state index is 11.9. The fourth-order valence-corrected chi connectivity index (χ4v) is 2.07. The second-order valence-corrected chi connectivity index (χ2v) is 4.31. The molecule has 0 aliphatic heterocycles. The van der Waals surface area contributed by atoms with E-state index in [-0.39, 0.29) is 11.5 Å². The molecule has 0 amide bonds. The topological polar surface area (TPSA) is 58.9 Å². The fraction of sp³-hybridized carbons (Fsp3) is 0.333. The highest BCUT2D eigenvalue weighted by Gasteiger charge is 2.43. The number of oxime groups is 1. The van der Waals surface area contributed by atoms with Gasteiger partial charge in [-0.25, -0.2) is 0 Å². The van der Waals surface area contributed by atoms with Gasteiger partial charge in [0, 0.05) is 11.0 Å². The molecule has 0 fully saturated rings. The lowest BCUT2D eigenvalue weighted by Crippen LogP contribution is -2.27. The van der Waals surface area contributed by atoms with E-state index >= 15 is 0 Å². The van der Waals surface area contributed by atoms with Crippen molar-refractivity contribution in [1.29, 1.82) is 0 Å². The van der Waals surface area contributed by atoms with Crippen molar-refractivity contribution < 1.29 is 14.7 Å². The monoisotopic (exact) mass is 219 g/mol. The molecule has 4 heteroatoms. The van der Waals surface area contributed by atoms with Crippen LogP contribution in [0.3, 0.4) is 0 Å². The number of methoxy groups -OCH3 is 1. The van der Waals surface area contributed by atoms with Crippen LogP contribution in [0.25, 0.3) is 0 Å². The third-order valence-corrected chi connectivity index (χ3v) is 3.05. The van der Waals surface area contributed by atoms with Gasteiger partial charge in [-0.1, -0.05) is 5.16 Å². The molecule has 0 bridgehead atoms. The molecule has 1 aliphatic carbocycles. The summed E-state index contributed by atoms with van der Waals surface area (Å²) in [7, 11) is 1.58. The highest BCUT2D eigenvalue weighted by molar-refractivity contribution is 6.52. The first kappa shape index (κ1) is 10.7. The Balaban J connectivity index is 2.68. The molecule has 2 rings (SSSR count). The third-order valence-electron chi connectivity index (χ3n) is 3.05. The standard InChI is InChI=1S/C12H13NO3/c1-12(2)9-6-7(16-3)4-5-8(9)10(14)11(12)13-15/h4-6,15H,1-3H3. The van der Waals surface area contributed by atoms with Crippen LogP contribution < -0.4 is 4.74 Å². The van der Waals surface area contributed by atoms with Crippen LogP contribution in [0, 0.1) is 0 Å². The van der Waals surface area contributed by atoms with Gasteiger partial charge in [0.05, 0.1) is 7.11 Å². The van der Waals surface area contributed by atoms with Crippen LogP contribution in [0.5, 0.6) is 5.75 Å². The van der Waals surface area contributed by atoms with E-state index in [1.165, 1.54) is 0 Å². The van der Waals surface area contributed by atoms with Crippen LogP contribution in [0.2, 0.25) is 0 Å². The summed E-state index contributed by atoms with van der Waals surface area (Å²) in [5.41, 5.74) is 1.02. The Morgan fingerprint density at radius 3 is 2.62 bits per heavy atom. The first-order valence-corrected chi connectivity index (χ1v) is 4.98. The van der Waals surface area contributed by atoms with Crippen molar-refractivity contribution in [2.24, 2.45) is 5.16 Å². The molecule has 84 valence electrons. The lowest BCUT2D eigenvalue weighted by atomic mass is 9.85. The second-order valence-electron chi connectivity index (χ2n) is 4.31. The molecule has 4 nitrogen and oxygen atoms in total. The summed E-state index contributed by atoms with van der Waals surface area (Å²) in [6.07, 6.45) is 0. The Kier molecular flexibility index (Phi) is 2.22. The zero-order chi connectivity index (χ0) is 11.9. The Morgan fingerprint density at radius 2 is 2.06 bits per heavy atom. The second kappa shape index (κ2) is 3.33. The van der Waals surface area contributed by atoms with E-state index in [0.29, 0.717) is 11.3 Å². The van der Waals surface area contributed by atoms with Crippen molar-refractivity contribution in [3.8, 4) is 5.75 Å². The molecule has 0 aromatic heterocycles. The first-order valence-electron chi connectivity index (χ1n) is 4.98. The predicted octanol–water partition coefficient (Wildman–Crippen LogP) is 2.00. The summed E-state index contributed by atoms with van der Waals surface area (Å²) < 4.78 is 5.12. The molecule has 0 unspecified atom stereocenters. The molecule has 1 aromatic rings. The largest absolute Gasteiger partial charge is 0.497 e. The molecule has 16 heavy (non-hydrogen) atoms. The number of Topliss-reactive ketones (excluding diaryl/α,β-unsaturated/α-hetero) is 1. The van der Waals surface area contributed by atoms with Crippen molar-refractivity contribution in [2.45, 2.75) is 19.3 Å². The van der Waals surface area contributed by atoms with E-state index < -0.39 is 5.41 Å². The molecule has 0 saturated carbocycles. The summed E-state index contributed by atoms with van der Waals surface area (Å²) in [5.74, 6) is 0.476. The molecule has 1 aromatic carbocycles. The molecule has 0 radical (unpaired) electrons.